The highest BCUT2D eigenvalue weighted by molar-refractivity contribution is 8.00. The van der Waals surface area contributed by atoms with Gasteiger partial charge < -0.3 is 21.2 Å². The Morgan fingerprint density at radius 3 is 2.81 bits per heavy atom. The van der Waals surface area contributed by atoms with E-state index in [1.807, 2.05) is 0 Å². The summed E-state index contributed by atoms with van der Waals surface area (Å²) >= 11 is 2.16. The van der Waals surface area contributed by atoms with Crippen LogP contribution < -0.4 is 21.9 Å². The molecule has 43 heavy (non-hydrogen) atoms. The molecule has 0 saturated carbocycles. The van der Waals surface area contributed by atoms with Crippen molar-refractivity contribution in [2.75, 3.05) is 32.8 Å². The van der Waals surface area contributed by atoms with Crippen LogP contribution in [0.2, 0.25) is 0 Å². The standard InChI is InChI=1S/C19H30N2OS.C10H13F3N4O.C2H2/c1-3-17(12-21-16-5-4-9-22-10-8-16)23-19-7-6-15-11-14(2)20-13-18(15)19;11-10(12,13)7-2-1-5-16-17-9(4-3-7)15-6-8(14)18;1-2/h11,13,16-17,19,21H,3-10,12H2,1-2H3;1-3,16H,4-6H2,(H2,14,18)(H,15,17);1-2H/b;2-1-,7-3+;. The molecule has 2 aliphatic heterocycles. The van der Waals surface area contributed by atoms with Crippen molar-refractivity contribution < 1.29 is 22.7 Å². The van der Waals surface area contributed by atoms with Gasteiger partial charge in [0.25, 0.3) is 0 Å². The highest BCUT2D eigenvalue weighted by Crippen LogP contribution is 2.43. The number of aliphatic imine (C=N–C) groups is 1. The number of alkyl halides is 3. The fourth-order valence-corrected chi connectivity index (χ4v) is 6.32. The van der Waals surface area contributed by atoms with Crippen LogP contribution >= 0.6 is 11.8 Å². The number of halogens is 3. The van der Waals surface area contributed by atoms with Gasteiger partial charge in [-0.25, -0.2) is 5.43 Å². The largest absolute Gasteiger partial charge is 0.416 e. The second kappa shape index (κ2) is 19.4. The number of terminal acetylenes is 1. The Morgan fingerprint density at radius 1 is 1.30 bits per heavy atom. The van der Waals surface area contributed by atoms with Crippen LogP contribution in [0.4, 0.5) is 13.2 Å². The molecule has 0 spiro atoms. The summed E-state index contributed by atoms with van der Waals surface area (Å²) in [6.07, 6.45) is 16.3. The summed E-state index contributed by atoms with van der Waals surface area (Å²) in [6.45, 7) is 7.32. The van der Waals surface area contributed by atoms with E-state index in [1.54, 1.807) is 0 Å². The molecule has 1 aromatic heterocycles. The molecule has 4 rings (SSSR count). The van der Waals surface area contributed by atoms with E-state index in [9.17, 15) is 18.0 Å². The van der Waals surface area contributed by atoms with Gasteiger partial charge in [0, 0.05) is 61.2 Å². The number of fused-ring (bicyclic) bond motifs is 1. The van der Waals surface area contributed by atoms with E-state index < -0.39 is 17.7 Å². The molecule has 3 atom stereocenters. The van der Waals surface area contributed by atoms with E-state index in [-0.39, 0.29) is 25.3 Å². The lowest BCUT2D eigenvalue weighted by Gasteiger charge is -2.23. The second-order valence-corrected chi connectivity index (χ2v) is 11.9. The average Bonchev–Trinajstić information content (AvgIpc) is 3.25. The number of amides is 1. The first kappa shape index (κ1) is 36.3. The molecule has 5 N–H and O–H groups in total. The van der Waals surface area contributed by atoms with Crippen molar-refractivity contribution in [2.45, 2.75) is 81.5 Å². The smallest absolute Gasteiger partial charge is 0.381 e. The molecule has 1 saturated heterocycles. The Bertz CT molecular complexity index is 1110. The number of carbonyl (C=O) groups is 1. The van der Waals surface area contributed by atoms with Gasteiger partial charge in [0.2, 0.25) is 5.91 Å². The predicted molar refractivity (Wildman–Crippen MR) is 169 cm³/mol. The van der Waals surface area contributed by atoms with Gasteiger partial charge in [-0.2, -0.15) is 13.2 Å². The van der Waals surface area contributed by atoms with E-state index in [1.165, 1.54) is 49.3 Å². The number of amidine groups is 1. The number of primary amides is 1. The van der Waals surface area contributed by atoms with Gasteiger partial charge in [-0.05, 0) is 62.6 Å². The monoisotopic (exact) mass is 622 g/mol. The van der Waals surface area contributed by atoms with Gasteiger partial charge in [0.1, 0.15) is 12.4 Å². The molecule has 3 aliphatic rings. The Hall–Kier alpha value is -2.85. The zero-order valence-corrected chi connectivity index (χ0v) is 25.9. The maximum absolute atomic E-state index is 12.6. The summed E-state index contributed by atoms with van der Waals surface area (Å²) in [6, 6.07) is 2.92. The lowest BCUT2D eigenvalue weighted by atomic mass is 10.1. The molecule has 1 amide bonds. The summed E-state index contributed by atoms with van der Waals surface area (Å²) < 4.78 is 43.2. The minimum Gasteiger partial charge on any atom is -0.381 e. The molecule has 1 fully saturated rings. The van der Waals surface area contributed by atoms with E-state index in [4.69, 9.17) is 10.5 Å². The maximum Gasteiger partial charge on any atom is 0.416 e. The molecule has 238 valence electrons. The SMILES string of the molecule is C#C.CCC(CNC1CCCOCC1)SC1CCc2cc(C)ncc21.NC(=O)CN=C1C/C=C(C(F)(F)F)\C=C/CNN1. The molecule has 12 heteroatoms. The summed E-state index contributed by atoms with van der Waals surface area (Å²) in [5.74, 6) is -0.429. The van der Waals surface area contributed by atoms with Crippen LogP contribution in [-0.4, -0.2) is 67.0 Å². The van der Waals surface area contributed by atoms with Crippen LogP contribution in [0.15, 0.2) is 41.1 Å². The van der Waals surface area contributed by atoms with E-state index >= 15 is 0 Å². The number of thioether (sulfide) groups is 1. The molecule has 0 radical (unpaired) electrons. The number of carbonyl (C=O) groups excluding carboxylic acids is 1. The van der Waals surface area contributed by atoms with Crippen molar-refractivity contribution in [3.63, 3.8) is 0 Å². The van der Waals surface area contributed by atoms with Gasteiger partial charge in [-0.15, -0.1) is 24.6 Å². The van der Waals surface area contributed by atoms with Gasteiger partial charge in [-0.1, -0.05) is 25.2 Å². The third-order valence-corrected chi connectivity index (χ3v) is 8.80. The Labute approximate surface area is 258 Å². The summed E-state index contributed by atoms with van der Waals surface area (Å²) in [5, 5.41) is 5.14. The number of nitrogens with one attached hydrogen (secondary N) is 3. The van der Waals surface area contributed by atoms with Crippen LogP contribution in [0.3, 0.4) is 0 Å². The Morgan fingerprint density at radius 2 is 2.09 bits per heavy atom. The van der Waals surface area contributed by atoms with E-state index in [2.05, 4.69) is 76.9 Å². The van der Waals surface area contributed by atoms with Crippen molar-refractivity contribution >= 4 is 23.5 Å². The third kappa shape index (κ3) is 13.5. The lowest BCUT2D eigenvalue weighted by molar-refractivity contribution is -0.116. The minimum atomic E-state index is -4.41. The molecule has 0 aromatic carbocycles. The molecular weight excluding hydrogens is 577 g/mol. The number of hydrogen-bond donors (Lipinski definition) is 4. The minimum absolute atomic E-state index is 0.0700. The Kier molecular flexibility index (Phi) is 16.4. The number of rotatable bonds is 8. The molecular formula is C31H45F3N6O2S. The first-order valence-electron chi connectivity index (χ1n) is 14.7. The van der Waals surface area contributed by atoms with Crippen molar-refractivity contribution in [1.82, 2.24) is 21.2 Å². The van der Waals surface area contributed by atoms with Crippen LogP contribution in [0.1, 0.15) is 67.5 Å². The van der Waals surface area contributed by atoms with Crippen LogP contribution in [0.5, 0.6) is 0 Å². The fourth-order valence-electron chi connectivity index (χ4n) is 4.86. The lowest BCUT2D eigenvalue weighted by Crippen LogP contribution is -2.37. The number of nitrogens with two attached hydrogens (primary N) is 1. The van der Waals surface area contributed by atoms with E-state index in [0.29, 0.717) is 16.5 Å². The zero-order valence-electron chi connectivity index (χ0n) is 25.1. The quantitative estimate of drug-likeness (QED) is 0.311. The molecule has 1 aromatic rings. The van der Waals surface area contributed by atoms with Crippen molar-refractivity contribution in [2.24, 2.45) is 10.7 Å². The molecule has 3 heterocycles. The number of hydrogen-bond acceptors (Lipinski definition) is 7. The molecule has 1 aliphatic carbocycles. The van der Waals surface area contributed by atoms with Crippen molar-refractivity contribution in [3.8, 4) is 12.8 Å². The molecule has 0 bridgehead atoms. The summed E-state index contributed by atoms with van der Waals surface area (Å²) in [7, 11) is 0. The van der Waals surface area contributed by atoms with Crippen LogP contribution in [-0.2, 0) is 16.0 Å². The first-order valence-corrected chi connectivity index (χ1v) is 15.6. The van der Waals surface area contributed by atoms with E-state index in [0.717, 1.165) is 44.0 Å². The third-order valence-electron chi connectivity index (χ3n) is 7.10. The normalized spacial score (nSPS) is 24.0. The highest BCUT2D eigenvalue weighted by atomic mass is 32.2. The summed E-state index contributed by atoms with van der Waals surface area (Å²) in [4.78, 5) is 18.8. The number of nitrogens with zero attached hydrogens (tertiary/aromatic N) is 2. The van der Waals surface area contributed by atoms with Crippen LogP contribution in [0.25, 0.3) is 0 Å². The number of aromatic nitrogens is 1. The van der Waals surface area contributed by atoms with Gasteiger partial charge in [-0.3, -0.25) is 14.8 Å². The number of ether oxygens (including phenoxy) is 1. The second-order valence-electron chi connectivity index (χ2n) is 10.4. The van der Waals surface area contributed by atoms with Crippen LogP contribution in [0, 0.1) is 19.8 Å². The first-order chi connectivity index (χ1) is 20.7. The average molecular weight is 623 g/mol. The van der Waals surface area contributed by atoms with Crippen molar-refractivity contribution in [1.29, 1.82) is 0 Å². The topological polar surface area (TPSA) is 114 Å². The number of pyridine rings is 1. The molecule has 8 nitrogen and oxygen atoms in total. The number of allylic oxidation sites excluding steroid dienone is 2. The predicted octanol–water partition coefficient (Wildman–Crippen LogP) is 4.71. The molecule has 3 unspecified atom stereocenters. The van der Waals surface area contributed by atoms with Crippen molar-refractivity contribution in [3.05, 3.63) is 52.9 Å². The zero-order chi connectivity index (χ0) is 31.7. The van der Waals surface area contributed by atoms with Gasteiger partial charge in [0.05, 0.1) is 5.57 Å². The Balaban J connectivity index is 0.000000293. The highest BCUT2D eigenvalue weighted by Gasteiger charge is 2.31. The summed E-state index contributed by atoms with van der Waals surface area (Å²) in [5.41, 5.74) is 13.6. The van der Waals surface area contributed by atoms with Gasteiger partial charge >= 0.3 is 6.18 Å². The number of aryl methyl sites for hydroxylation is 2. The number of hydrazine groups is 1. The fraction of sp³-hybridized carbons (Fsp3) is 0.581. The van der Waals surface area contributed by atoms with Gasteiger partial charge in [0.15, 0.2) is 0 Å². The maximum atomic E-state index is 12.6.